The molecule has 2 fully saturated rings. The number of imide groups is 1. The molecule has 4 atom stereocenters. The predicted octanol–water partition coefficient (Wildman–Crippen LogP) is 4.01. The lowest BCUT2D eigenvalue weighted by Gasteiger charge is -2.31. The van der Waals surface area contributed by atoms with Crippen LogP contribution in [0.3, 0.4) is 0 Å². The van der Waals surface area contributed by atoms with Crippen LogP contribution in [0.5, 0.6) is 5.75 Å². The molecule has 1 aromatic heterocycles. The van der Waals surface area contributed by atoms with Crippen LogP contribution >= 0.6 is 0 Å². The molecule has 0 spiro atoms. The minimum Gasteiger partial charge on any atom is -0.508 e. The number of hydrogen-bond donors (Lipinski definition) is 4. The number of aryl methyl sites for hydroxylation is 2. The third-order valence-corrected chi connectivity index (χ3v) is 8.20. The van der Waals surface area contributed by atoms with Gasteiger partial charge in [0, 0.05) is 35.1 Å². The van der Waals surface area contributed by atoms with E-state index in [0.29, 0.717) is 11.3 Å². The number of phenolic OH excluding ortho intramolecular Hbond substituents is 1. The fraction of sp³-hybridized carbons (Fsp3) is 0.233. The highest BCUT2D eigenvalue weighted by Crippen LogP contribution is 2.52. The summed E-state index contributed by atoms with van der Waals surface area (Å²) in [5, 5.41) is 25.5. The van der Waals surface area contributed by atoms with E-state index in [1.54, 1.807) is 36.5 Å². The smallest absolute Gasteiger partial charge is 0.325 e. The molecule has 0 radical (unpaired) electrons. The van der Waals surface area contributed by atoms with Crippen LogP contribution in [0.25, 0.3) is 10.9 Å². The van der Waals surface area contributed by atoms with Crippen molar-refractivity contribution < 1.29 is 24.6 Å². The Morgan fingerprint density at radius 2 is 1.71 bits per heavy atom. The lowest BCUT2D eigenvalue weighted by atomic mass is 9.76. The van der Waals surface area contributed by atoms with Gasteiger partial charge < -0.3 is 15.2 Å². The molecule has 8 heteroatoms. The molecule has 4 aromatic rings. The molecule has 4 N–H and O–H groups in total. The number of anilines is 1. The second kappa shape index (κ2) is 8.56. The Labute approximate surface area is 218 Å². The molecule has 192 valence electrons. The van der Waals surface area contributed by atoms with Crippen LogP contribution in [0, 0.1) is 25.7 Å². The summed E-state index contributed by atoms with van der Waals surface area (Å²) in [4.78, 5) is 45.6. The molecule has 0 unspecified atom stereocenters. The molecule has 2 amide bonds. The van der Waals surface area contributed by atoms with Crippen LogP contribution < -0.4 is 10.2 Å². The second-order valence-corrected chi connectivity index (χ2v) is 10.3. The van der Waals surface area contributed by atoms with Gasteiger partial charge in [0.2, 0.25) is 11.8 Å². The van der Waals surface area contributed by atoms with Crippen molar-refractivity contribution in [2.75, 3.05) is 4.90 Å². The van der Waals surface area contributed by atoms with Gasteiger partial charge in [0.25, 0.3) is 0 Å². The Kier molecular flexibility index (Phi) is 5.39. The van der Waals surface area contributed by atoms with Crippen LogP contribution in [0.4, 0.5) is 5.69 Å². The molecule has 3 aromatic carbocycles. The lowest BCUT2D eigenvalue weighted by molar-refractivity contribution is -0.148. The molecule has 2 aliphatic heterocycles. The van der Waals surface area contributed by atoms with Crippen molar-refractivity contribution in [3.05, 3.63) is 95.2 Å². The van der Waals surface area contributed by atoms with Gasteiger partial charge in [-0.05, 0) is 54.8 Å². The number of aromatic nitrogens is 1. The van der Waals surface area contributed by atoms with Gasteiger partial charge in [-0.1, -0.05) is 42.5 Å². The van der Waals surface area contributed by atoms with E-state index >= 15 is 0 Å². The van der Waals surface area contributed by atoms with Crippen LogP contribution in [0.2, 0.25) is 0 Å². The molecule has 2 saturated heterocycles. The highest BCUT2D eigenvalue weighted by Gasteiger charge is 2.69. The molecule has 3 heterocycles. The molecule has 0 aliphatic carbocycles. The van der Waals surface area contributed by atoms with Crippen molar-refractivity contribution in [1.82, 2.24) is 10.3 Å². The number of nitrogens with zero attached hydrogens (tertiary/aromatic N) is 1. The average Bonchev–Trinajstić information content (AvgIpc) is 3.54. The van der Waals surface area contributed by atoms with Crippen molar-refractivity contribution in [3.63, 3.8) is 0 Å². The summed E-state index contributed by atoms with van der Waals surface area (Å²) in [7, 11) is 0. The van der Waals surface area contributed by atoms with Gasteiger partial charge in [0.1, 0.15) is 11.3 Å². The summed E-state index contributed by atoms with van der Waals surface area (Å²) in [6, 6.07) is 18.5. The number of aromatic amines is 1. The summed E-state index contributed by atoms with van der Waals surface area (Å²) >= 11 is 0. The largest absolute Gasteiger partial charge is 0.508 e. The first-order valence-electron chi connectivity index (χ1n) is 12.5. The number of rotatable bonds is 5. The standard InChI is InChI=1S/C30H27N3O5/c1-16-11-12-19(13-17(16)2)33-27(35)24-25(28(33)36)30(29(37)38,32-26(24)21-8-4-6-10-23(21)34)14-18-15-31-22-9-5-3-7-20(18)22/h3-13,15,24-26,31-32,34H,14H2,1-2H3,(H,37,38)/t24-,25+,26-,30-/m0/s1. The van der Waals surface area contributed by atoms with Crippen molar-refractivity contribution >= 4 is 34.4 Å². The first kappa shape index (κ1) is 23.9. The molecule has 0 saturated carbocycles. The van der Waals surface area contributed by atoms with Gasteiger partial charge in [-0.3, -0.25) is 19.7 Å². The number of H-pyrrole nitrogens is 1. The number of aromatic hydroxyl groups is 1. The summed E-state index contributed by atoms with van der Waals surface area (Å²) in [5.41, 5.74) is 2.51. The van der Waals surface area contributed by atoms with Crippen LogP contribution in [0.1, 0.15) is 28.3 Å². The van der Waals surface area contributed by atoms with Gasteiger partial charge in [-0.15, -0.1) is 0 Å². The Hall–Kier alpha value is -4.43. The van der Waals surface area contributed by atoms with Gasteiger partial charge >= 0.3 is 5.97 Å². The third kappa shape index (κ3) is 3.37. The van der Waals surface area contributed by atoms with Gasteiger partial charge in [0.15, 0.2) is 0 Å². The zero-order valence-corrected chi connectivity index (χ0v) is 20.9. The van der Waals surface area contributed by atoms with Crippen LogP contribution in [-0.4, -0.2) is 38.5 Å². The Morgan fingerprint density at radius 1 is 0.974 bits per heavy atom. The van der Waals surface area contributed by atoms with Gasteiger partial charge in [-0.25, -0.2) is 4.90 Å². The molecule has 38 heavy (non-hydrogen) atoms. The Bertz CT molecular complexity index is 1630. The van der Waals surface area contributed by atoms with Crippen molar-refractivity contribution in [2.45, 2.75) is 31.8 Å². The summed E-state index contributed by atoms with van der Waals surface area (Å²) in [6.45, 7) is 3.84. The Morgan fingerprint density at radius 3 is 2.45 bits per heavy atom. The van der Waals surface area contributed by atoms with Crippen molar-refractivity contribution in [2.24, 2.45) is 11.8 Å². The highest BCUT2D eigenvalue weighted by atomic mass is 16.4. The van der Waals surface area contributed by atoms with E-state index in [2.05, 4.69) is 10.3 Å². The summed E-state index contributed by atoms with van der Waals surface area (Å²) < 4.78 is 0. The average molecular weight is 510 g/mol. The zero-order chi connectivity index (χ0) is 26.8. The van der Waals surface area contributed by atoms with E-state index in [1.807, 2.05) is 44.2 Å². The van der Waals surface area contributed by atoms with E-state index in [-0.39, 0.29) is 12.2 Å². The van der Waals surface area contributed by atoms with E-state index in [1.165, 1.54) is 6.07 Å². The number of para-hydroxylation sites is 2. The molecular formula is C30H27N3O5. The van der Waals surface area contributed by atoms with Crippen molar-refractivity contribution in [1.29, 1.82) is 0 Å². The number of phenols is 1. The number of nitrogens with one attached hydrogen (secondary N) is 2. The normalized spacial score (nSPS) is 24.8. The zero-order valence-electron chi connectivity index (χ0n) is 20.9. The number of amides is 2. The number of hydrogen-bond acceptors (Lipinski definition) is 5. The molecule has 2 aliphatic rings. The third-order valence-electron chi connectivity index (χ3n) is 8.20. The first-order chi connectivity index (χ1) is 18.2. The highest BCUT2D eigenvalue weighted by molar-refractivity contribution is 6.24. The predicted molar refractivity (Wildman–Crippen MR) is 142 cm³/mol. The number of carbonyl (C=O) groups excluding carboxylic acids is 2. The first-order valence-corrected chi connectivity index (χ1v) is 12.5. The van der Waals surface area contributed by atoms with Crippen molar-refractivity contribution in [3.8, 4) is 5.75 Å². The second-order valence-electron chi connectivity index (χ2n) is 10.3. The minimum atomic E-state index is -1.79. The maximum absolute atomic E-state index is 14.1. The van der Waals surface area contributed by atoms with Crippen LogP contribution in [0.15, 0.2) is 72.9 Å². The molecule has 0 bridgehead atoms. The minimum absolute atomic E-state index is 0.0304. The maximum Gasteiger partial charge on any atom is 0.325 e. The number of aliphatic carboxylic acids is 1. The summed E-state index contributed by atoms with van der Waals surface area (Å²) in [6.07, 6.45) is 1.72. The van der Waals surface area contributed by atoms with Crippen LogP contribution in [-0.2, 0) is 20.8 Å². The lowest BCUT2D eigenvalue weighted by Crippen LogP contribution is -2.57. The number of fused-ring (bicyclic) bond motifs is 2. The number of carboxylic acid groups (broad SMARTS) is 1. The van der Waals surface area contributed by atoms with E-state index < -0.39 is 41.2 Å². The maximum atomic E-state index is 14.1. The van der Waals surface area contributed by atoms with E-state index in [4.69, 9.17) is 0 Å². The molecule has 6 rings (SSSR count). The van der Waals surface area contributed by atoms with Gasteiger partial charge in [0.05, 0.1) is 17.5 Å². The molecular weight excluding hydrogens is 482 g/mol. The SMILES string of the molecule is Cc1ccc(N2C(=O)[C@@H]3[C@H](c4ccccc4O)N[C@](Cc4c[nH]c5ccccc45)(C(=O)O)[C@H]3C2=O)cc1C. The number of benzene rings is 3. The fourth-order valence-electron chi connectivity index (χ4n) is 6.15. The van der Waals surface area contributed by atoms with Gasteiger partial charge in [-0.2, -0.15) is 0 Å². The summed E-state index contributed by atoms with van der Waals surface area (Å²) in [5.74, 6) is -4.53. The molecule has 8 nitrogen and oxygen atoms in total. The van der Waals surface area contributed by atoms with E-state index in [9.17, 15) is 24.6 Å². The fourth-order valence-corrected chi connectivity index (χ4v) is 6.15. The monoisotopic (exact) mass is 509 g/mol. The van der Waals surface area contributed by atoms with E-state index in [0.717, 1.165) is 32.5 Å². The topological polar surface area (TPSA) is 123 Å². The number of carbonyl (C=O) groups is 3. The Balaban J connectivity index is 1.53. The quantitative estimate of drug-likeness (QED) is 0.302. The number of carboxylic acids is 1.